The molecular formula is C9H10N3O2-. The van der Waals surface area contributed by atoms with Gasteiger partial charge in [-0.1, -0.05) is 0 Å². The lowest BCUT2D eigenvalue weighted by atomic mass is 10.2. The van der Waals surface area contributed by atoms with E-state index >= 15 is 0 Å². The minimum atomic E-state index is -1.05. The summed E-state index contributed by atoms with van der Waals surface area (Å²) in [5.74, 6) is -0.575. The summed E-state index contributed by atoms with van der Waals surface area (Å²) >= 11 is 0. The van der Waals surface area contributed by atoms with Crippen molar-refractivity contribution in [1.29, 1.82) is 0 Å². The Kier molecular flexibility index (Phi) is 2.30. The third kappa shape index (κ3) is 1.53. The van der Waals surface area contributed by atoms with E-state index in [1.807, 2.05) is 0 Å². The second-order valence-electron chi connectivity index (χ2n) is 3.22. The standard InChI is InChI=1S/C9H11N3O2/c13-8(14)7-3-1-6-12(7)9-10-4-2-5-11-9/h2,4-5,7H,1,3,6H2,(H,13,14)/p-1/t7-/m1/s1. The van der Waals surface area contributed by atoms with Crippen LogP contribution in [0.4, 0.5) is 5.95 Å². The molecule has 0 amide bonds. The van der Waals surface area contributed by atoms with Gasteiger partial charge in [0.15, 0.2) is 0 Å². The predicted molar refractivity (Wildman–Crippen MR) is 47.4 cm³/mol. The highest BCUT2D eigenvalue weighted by molar-refractivity contribution is 5.75. The monoisotopic (exact) mass is 192 g/mol. The zero-order valence-corrected chi connectivity index (χ0v) is 7.59. The maximum atomic E-state index is 10.8. The minimum absolute atomic E-state index is 0.471. The van der Waals surface area contributed by atoms with Crippen LogP contribution in [0.5, 0.6) is 0 Å². The number of carbonyl (C=O) groups excluding carboxylic acids is 1. The van der Waals surface area contributed by atoms with Crippen LogP contribution in [-0.2, 0) is 4.79 Å². The van der Waals surface area contributed by atoms with Gasteiger partial charge in [-0.25, -0.2) is 9.97 Å². The summed E-state index contributed by atoms with van der Waals surface area (Å²) in [5.41, 5.74) is 0. The molecule has 0 radical (unpaired) electrons. The first-order chi connectivity index (χ1) is 6.79. The van der Waals surface area contributed by atoms with Crippen molar-refractivity contribution in [3.8, 4) is 0 Å². The zero-order chi connectivity index (χ0) is 9.97. The maximum Gasteiger partial charge on any atom is 0.225 e. The van der Waals surface area contributed by atoms with E-state index in [1.165, 1.54) is 0 Å². The number of hydrogen-bond acceptors (Lipinski definition) is 5. The molecule has 1 aromatic rings. The number of nitrogens with zero attached hydrogens (tertiary/aromatic N) is 3. The summed E-state index contributed by atoms with van der Waals surface area (Å²) in [7, 11) is 0. The molecule has 5 heteroatoms. The Labute approximate surface area is 81.4 Å². The molecule has 2 rings (SSSR count). The third-order valence-electron chi connectivity index (χ3n) is 2.33. The van der Waals surface area contributed by atoms with Crippen LogP contribution in [0.1, 0.15) is 12.8 Å². The minimum Gasteiger partial charge on any atom is -0.548 e. The lowest BCUT2D eigenvalue weighted by molar-refractivity contribution is -0.307. The molecule has 0 aromatic carbocycles. The molecule has 1 aliphatic rings. The van der Waals surface area contributed by atoms with Gasteiger partial charge in [0.1, 0.15) is 0 Å². The fourth-order valence-corrected chi connectivity index (χ4v) is 1.69. The van der Waals surface area contributed by atoms with Gasteiger partial charge >= 0.3 is 0 Å². The largest absolute Gasteiger partial charge is 0.548 e. The quantitative estimate of drug-likeness (QED) is 0.613. The molecule has 0 spiro atoms. The molecule has 14 heavy (non-hydrogen) atoms. The Morgan fingerprint density at radius 1 is 1.50 bits per heavy atom. The second kappa shape index (κ2) is 3.61. The molecule has 0 bridgehead atoms. The molecule has 0 aliphatic carbocycles. The highest BCUT2D eigenvalue weighted by Gasteiger charge is 2.27. The third-order valence-corrected chi connectivity index (χ3v) is 2.33. The molecular weight excluding hydrogens is 182 g/mol. The zero-order valence-electron chi connectivity index (χ0n) is 7.59. The van der Waals surface area contributed by atoms with E-state index in [-0.39, 0.29) is 0 Å². The second-order valence-corrected chi connectivity index (χ2v) is 3.22. The lowest BCUT2D eigenvalue weighted by Gasteiger charge is -2.24. The van der Waals surface area contributed by atoms with Crippen LogP contribution in [0.3, 0.4) is 0 Å². The first-order valence-corrected chi connectivity index (χ1v) is 4.53. The van der Waals surface area contributed by atoms with Crippen LogP contribution < -0.4 is 10.0 Å². The summed E-state index contributed by atoms with van der Waals surface area (Å²) in [4.78, 5) is 20.5. The Balaban J connectivity index is 2.22. The maximum absolute atomic E-state index is 10.8. The fraction of sp³-hybridized carbons (Fsp3) is 0.444. The van der Waals surface area contributed by atoms with Gasteiger partial charge in [-0.15, -0.1) is 0 Å². The smallest absolute Gasteiger partial charge is 0.225 e. The molecule has 0 N–H and O–H groups in total. The summed E-state index contributed by atoms with van der Waals surface area (Å²) in [6.07, 6.45) is 4.66. The summed E-state index contributed by atoms with van der Waals surface area (Å²) < 4.78 is 0. The van der Waals surface area contributed by atoms with E-state index in [0.717, 1.165) is 6.42 Å². The van der Waals surface area contributed by atoms with Crippen molar-refractivity contribution in [1.82, 2.24) is 9.97 Å². The van der Waals surface area contributed by atoms with Gasteiger partial charge in [0.2, 0.25) is 5.95 Å². The van der Waals surface area contributed by atoms with Gasteiger partial charge < -0.3 is 14.8 Å². The van der Waals surface area contributed by atoms with Crippen molar-refractivity contribution in [3.05, 3.63) is 18.5 Å². The molecule has 5 nitrogen and oxygen atoms in total. The molecule has 1 atom stereocenters. The number of carboxylic acids is 1. The number of rotatable bonds is 2. The van der Waals surface area contributed by atoms with Crippen molar-refractivity contribution in [3.63, 3.8) is 0 Å². The molecule has 1 fully saturated rings. The van der Waals surface area contributed by atoms with Gasteiger partial charge in [-0.2, -0.15) is 0 Å². The molecule has 1 aromatic heterocycles. The average molecular weight is 192 g/mol. The number of hydrogen-bond donors (Lipinski definition) is 0. The average Bonchev–Trinajstić information content (AvgIpc) is 2.67. The highest BCUT2D eigenvalue weighted by Crippen LogP contribution is 2.20. The number of anilines is 1. The van der Waals surface area contributed by atoms with Crippen LogP contribution in [0.25, 0.3) is 0 Å². The Morgan fingerprint density at radius 2 is 2.21 bits per heavy atom. The van der Waals surface area contributed by atoms with E-state index < -0.39 is 12.0 Å². The van der Waals surface area contributed by atoms with Crippen molar-refractivity contribution >= 4 is 11.9 Å². The highest BCUT2D eigenvalue weighted by atomic mass is 16.4. The Morgan fingerprint density at radius 3 is 2.86 bits per heavy atom. The predicted octanol–water partition coefficient (Wildman–Crippen LogP) is -0.805. The van der Waals surface area contributed by atoms with Crippen molar-refractivity contribution in [2.24, 2.45) is 0 Å². The molecule has 0 unspecified atom stereocenters. The number of aromatic nitrogens is 2. The fourth-order valence-electron chi connectivity index (χ4n) is 1.69. The van der Waals surface area contributed by atoms with Gasteiger partial charge in [-0.3, -0.25) is 0 Å². The van der Waals surface area contributed by atoms with Crippen molar-refractivity contribution in [2.75, 3.05) is 11.4 Å². The first kappa shape index (κ1) is 8.93. The molecule has 2 heterocycles. The summed E-state index contributed by atoms with van der Waals surface area (Å²) in [6.45, 7) is 0.683. The molecule has 74 valence electrons. The van der Waals surface area contributed by atoms with Crippen LogP contribution in [0, 0.1) is 0 Å². The lowest BCUT2D eigenvalue weighted by Crippen LogP contribution is -2.45. The van der Waals surface area contributed by atoms with Gasteiger partial charge in [-0.05, 0) is 18.9 Å². The normalized spacial score (nSPS) is 21.1. The first-order valence-electron chi connectivity index (χ1n) is 4.53. The van der Waals surface area contributed by atoms with Crippen LogP contribution in [0.15, 0.2) is 18.5 Å². The molecule has 0 saturated carbocycles. The van der Waals surface area contributed by atoms with Gasteiger partial charge in [0.05, 0.1) is 12.0 Å². The van der Waals surface area contributed by atoms with Gasteiger partial charge in [0, 0.05) is 18.9 Å². The van der Waals surface area contributed by atoms with Gasteiger partial charge in [0.25, 0.3) is 0 Å². The van der Waals surface area contributed by atoms with E-state index in [4.69, 9.17) is 0 Å². The summed E-state index contributed by atoms with van der Waals surface area (Å²) in [5, 5.41) is 10.8. The van der Waals surface area contributed by atoms with E-state index in [2.05, 4.69) is 9.97 Å². The SMILES string of the molecule is O=C([O-])[C@H]1CCCN1c1ncccn1. The van der Waals surface area contributed by atoms with E-state index in [0.29, 0.717) is 18.9 Å². The topological polar surface area (TPSA) is 69.2 Å². The van der Waals surface area contributed by atoms with Crippen LogP contribution >= 0.6 is 0 Å². The van der Waals surface area contributed by atoms with E-state index in [1.54, 1.807) is 23.4 Å². The molecule has 1 aliphatic heterocycles. The number of carbonyl (C=O) groups is 1. The molecule has 1 saturated heterocycles. The Hall–Kier alpha value is -1.65. The summed E-state index contributed by atoms with van der Waals surface area (Å²) in [6, 6.07) is 1.13. The van der Waals surface area contributed by atoms with Crippen molar-refractivity contribution < 1.29 is 9.90 Å². The number of carboxylic acid groups (broad SMARTS) is 1. The van der Waals surface area contributed by atoms with Crippen LogP contribution in [0.2, 0.25) is 0 Å². The van der Waals surface area contributed by atoms with Crippen LogP contribution in [-0.4, -0.2) is 28.5 Å². The van der Waals surface area contributed by atoms with Crippen molar-refractivity contribution in [2.45, 2.75) is 18.9 Å². The Bertz CT molecular complexity index is 328. The van der Waals surface area contributed by atoms with E-state index in [9.17, 15) is 9.90 Å². The number of aliphatic carboxylic acids is 1.